The van der Waals surface area contributed by atoms with E-state index >= 15 is 0 Å². The van der Waals surface area contributed by atoms with E-state index in [-0.39, 0.29) is 0 Å². The lowest BCUT2D eigenvalue weighted by Gasteiger charge is -2.15. The Labute approximate surface area is 108 Å². The summed E-state index contributed by atoms with van der Waals surface area (Å²) >= 11 is 1.84. The minimum atomic E-state index is 0.976. The molecule has 0 radical (unpaired) electrons. The van der Waals surface area contributed by atoms with Crippen LogP contribution in [0.3, 0.4) is 0 Å². The summed E-state index contributed by atoms with van der Waals surface area (Å²) in [4.78, 5) is 5.91. The van der Waals surface area contributed by atoms with Gasteiger partial charge in [-0.05, 0) is 63.8 Å². The summed E-state index contributed by atoms with van der Waals surface area (Å²) in [5.74, 6) is 3.09. The van der Waals surface area contributed by atoms with Gasteiger partial charge >= 0.3 is 0 Å². The first kappa shape index (κ1) is 11.7. The van der Waals surface area contributed by atoms with E-state index in [9.17, 15) is 0 Å². The molecule has 1 aromatic rings. The van der Waals surface area contributed by atoms with Crippen LogP contribution in [0.4, 0.5) is 0 Å². The van der Waals surface area contributed by atoms with Crippen molar-refractivity contribution in [3.63, 3.8) is 0 Å². The van der Waals surface area contributed by atoms with Crippen molar-refractivity contribution in [1.82, 2.24) is 10.3 Å². The Bertz CT molecular complexity index is 379. The van der Waals surface area contributed by atoms with Crippen molar-refractivity contribution < 1.29 is 0 Å². The minimum Gasteiger partial charge on any atom is -0.311 e. The molecule has 2 aliphatic carbocycles. The predicted octanol–water partition coefficient (Wildman–Crippen LogP) is 3.29. The van der Waals surface area contributed by atoms with Gasteiger partial charge < -0.3 is 5.32 Å². The third-order valence-electron chi connectivity index (χ3n) is 4.12. The summed E-state index contributed by atoms with van der Waals surface area (Å²) in [6, 6.07) is 0. The van der Waals surface area contributed by atoms with E-state index in [1.54, 1.807) is 0 Å². The van der Waals surface area contributed by atoms with E-state index in [0.29, 0.717) is 0 Å². The number of aromatic nitrogens is 1. The van der Waals surface area contributed by atoms with Crippen molar-refractivity contribution in [2.45, 2.75) is 46.1 Å². The highest BCUT2D eigenvalue weighted by Crippen LogP contribution is 2.48. The number of hydrogen-bond donors (Lipinski definition) is 1. The van der Waals surface area contributed by atoms with Gasteiger partial charge in [-0.1, -0.05) is 0 Å². The molecule has 2 fully saturated rings. The van der Waals surface area contributed by atoms with Gasteiger partial charge in [0.1, 0.15) is 0 Å². The molecule has 2 saturated carbocycles. The topological polar surface area (TPSA) is 24.9 Å². The number of hydrogen-bond acceptors (Lipinski definition) is 3. The molecule has 1 heterocycles. The van der Waals surface area contributed by atoms with Crippen LogP contribution in [-0.2, 0) is 6.54 Å². The van der Waals surface area contributed by atoms with Crippen molar-refractivity contribution in [2.75, 3.05) is 6.54 Å². The Kier molecular flexibility index (Phi) is 3.22. The van der Waals surface area contributed by atoms with Crippen molar-refractivity contribution in [2.24, 2.45) is 17.8 Å². The molecule has 0 unspecified atom stereocenters. The normalized spacial score (nSPS) is 20.2. The first-order valence-corrected chi connectivity index (χ1v) is 7.69. The molecule has 3 rings (SSSR count). The third-order valence-corrected chi connectivity index (χ3v) is 5.19. The molecule has 0 aromatic carbocycles. The zero-order valence-corrected chi connectivity index (χ0v) is 11.6. The maximum Gasteiger partial charge on any atom is 0.0900 e. The van der Waals surface area contributed by atoms with Gasteiger partial charge in [0.2, 0.25) is 0 Å². The number of rotatable bonds is 6. The van der Waals surface area contributed by atoms with Crippen LogP contribution in [0.25, 0.3) is 0 Å². The third kappa shape index (κ3) is 2.89. The Balaban J connectivity index is 1.49. The summed E-state index contributed by atoms with van der Waals surface area (Å²) < 4.78 is 0. The zero-order chi connectivity index (χ0) is 11.8. The molecule has 2 nitrogen and oxygen atoms in total. The van der Waals surface area contributed by atoms with E-state index in [0.717, 1.165) is 24.3 Å². The molecule has 1 N–H and O–H groups in total. The summed E-state index contributed by atoms with van der Waals surface area (Å²) in [5, 5.41) is 4.86. The molecule has 94 valence electrons. The number of nitrogens with one attached hydrogen (secondary N) is 1. The van der Waals surface area contributed by atoms with Crippen LogP contribution in [0.5, 0.6) is 0 Å². The van der Waals surface area contributed by atoms with Crippen LogP contribution in [-0.4, -0.2) is 11.5 Å². The molecule has 0 aliphatic heterocycles. The van der Waals surface area contributed by atoms with Crippen LogP contribution in [0.1, 0.15) is 41.3 Å². The second kappa shape index (κ2) is 4.69. The van der Waals surface area contributed by atoms with Gasteiger partial charge in [0.05, 0.1) is 10.7 Å². The molecular formula is C14H22N2S. The fourth-order valence-electron chi connectivity index (χ4n) is 2.86. The Morgan fingerprint density at radius 1 is 1.24 bits per heavy atom. The first-order chi connectivity index (χ1) is 8.24. The summed E-state index contributed by atoms with van der Waals surface area (Å²) in [7, 11) is 0. The van der Waals surface area contributed by atoms with Gasteiger partial charge in [-0.25, -0.2) is 4.98 Å². The molecule has 17 heavy (non-hydrogen) atoms. The first-order valence-electron chi connectivity index (χ1n) is 6.87. The molecular weight excluding hydrogens is 228 g/mol. The number of aryl methyl sites for hydroxylation is 2. The lowest BCUT2D eigenvalue weighted by atomic mass is 9.98. The Morgan fingerprint density at radius 3 is 2.35 bits per heavy atom. The van der Waals surface area contributed by atoms with Crippen LogP contribution in [0.15, 0.2) is 0 Å². The molecule has 3 heteroatoms. The van der Waals surface area contributed by atoms with Gasteiger partial charge in [0, 0.05) is 11.4 Å². The molecule has 0 bridgehead atoms. The summed E-state index contributed by atoms with van der Waals surface area (Å²) in [6.45, 7) is 6.47. The predicted molar refractivity (Wildman–Crippen MR) is 72.2 cm³/mol. The Morgan fingerprint density at radius 2 is 1.88 bits per heavy atom. The highest BCUT2D eigenvalue weighted by atomic mass is 32.1. The average Bonchev–Trinajstić information content (AvgIpc) is 3.14. The Hall–Kier alpha value is -0.410. The van der Waals surface area contributed by atoms with E-state index < -0.39 is 0 Å². The minimum absolute atomic E-state index is 0.976. The van der Waals surface area contributed by atoms with Crippen molar-refractivity contribution in [3.05, 3.63) is 15.6 Å². The van der Waals surface area contributed by atoms with Gasteiger partial charge in [0.25, 0.3) is 0 Å². The standard InChI is InChI=1S/C14H22N2S/c1-9-14(17-10(2)16-9)8-15-7-13(11-3-4-11)12-5-6-12/h11-13,15H,3-8H2,1-2H3. The number of nitrogens with zero attached hydrogens (tertiary/aromatic N) is 1. The monoisotopic (exact) mass is 250 g/mol. The molecule has 0 atom stereocenters. The highest BCUT2D eigenvalue weighted by Gasteiger charge is 2.40. The van der Waals surface area contributed by atoms with Crippen LogP contribution < -0.4 is 5.32 Å². The summed E-state index contributed by atoms with van der Waals surface area (Å²) in [6.07, 6.45) is 5.95. The van der Waals surface area contributed by atoms with Crippen molar-refractivity contribution in [3.8, 4) is 0 Å². The van der Waals surface area contributed by atoms with Gasteiger partial charge in [-0.3, -0.25) is 0 Å². The van der Waals surface area contributed by atoms with E-state index in [1.165, 1.54) is 47.8 Å². The van der Waals surface area contributed by atoms with Crippen molar-refractivity contribution >= 4 is 11.3 Å². The van der Waals surface area contributed by atoms with Crippen molar-refractivity contribution in [1.29, 1.82) is 0 Å². The van der Waals surface area contributed by atoms with Gasteiger partial charge in [0.15, 0.2) is 0 Å². The molecule has 0 amide bonds. The van der Waals surface area contributed by atoms with Crippen LogP contribution in [0, 0.1) is 31.6 Å². The maximum atomic E-state index is 4.48. The smallest absolute Gasteiger partial charge is 0.0900 e. The van der Waals surface area contributed by atoms with Gasteiger partial charge in [-0.15, -0.1) is 11.3 Å². The zero-order valence-electron chi connectivity index (χ0n) is 10.8. The maximum absolute atomic E-state index is 4.48. The second-order valence-electron chi connectivity index (χ2n) is 5.71. The quantitative estimate of drug-likeness (QED) is 0.838. The van der Waals surface area contributed by atoms with Gasteiger partial charge in [-0.2, -0.15) is 0 Å². The fourth-order valence-corrected chi connectivity index (χ4v) is 3.76. The lowest BCUT2D eigenvalue weighted by Crippen LogP contribution is -2.25. The SMILES string of the molecule is Cc1nc(C)c(CNCC(C2CC2)C2CC2)s1. The highest BCUT2D eigenvalue weighted by molar-refractivity contribution is 7.11. The fraction of sp³-hybridized carbons (Fsp3) is 0.786. The molecule has 0 saturated heterocycles. The van der Waals surface area contributed by atoms with Crippen LogP contribution in [0.2, 0.25) is 0 Å². The number of thiazole rings is 1. The summed E-state index contributed by atoms with van der Waals surface area (Å²) in [5.41, 5.74) is 1.22. The van der Waals surface area contributed by atoms with Crippen LogP contribution >= 0.6 is 11.3 Å². The van der Waals surface area contributed by atoms with E-state index in [4.69, 9.17) is 0 Å². The molecule has 0 spiro atoms. The van der Waals surface area contributed by atoms with E-state index in [1.807, 2.05) is 11.3 Å². The lowest BCUT2D eigenvalue weighted by molar-refractivity contribution is 0.379. The second-order valence-corrected chi connectivity index (χ2v) is 7.00. The van der Waals surface area contributed by atoms with E-state index in [2.05, 4.69) is 24.1 Å². The molecule has 2 aliphatic rings. The largest absolute Gasteiger partial charge is 0.311 e. The molecule has 1 aromatic heterocycles. The average molecular weight is 250 g/mol.